The molecule has 2 heteroatoms. The van der Waals surface area contributed by atoms with Crippen molar-refractivity contribution in [2.75, 3.05) is 13.1 Å². The molecule has 1 N–H and O–H groups in total. The Bertz CT molecular complexity index is 504. The van der Waals surface area contributed by atoms with Gasteiger partial charge in [-0.1, -0.05) is 139 Å². The van der Waals surface area contributed by atoms with Crippen LogP contribution in [0.4, 0.5) is 0 Å². The lowest BCUT2D eigenvalue weighted by atomic mass is 10.1. The molecule has 1 nitrogen and oxygen atoms in total. The van der Waals surface area contributed by atoms with Crippen LogP contribution in [-0.4, -0.2) is 13.1 Å². The lowest BCUT2D eigenvalue weighted by Crippen LogP contribution is -2.16. The molecule has 0 saturated carbocycles. The topological polar surface area (TPSA) is 12.0 Å². The molecule has 2 aromatic rings. The highest BCUT2D eigenvalue weighted by atomic mass is 35.5. The van der Waals surface area contributed by atoms with Gasteiger partial charge in [0.2, 0.25) is 0 Å². The largest absolute Gasteiger partial charge is 0.317 e. The Kier molecular flexibility index (Phi) is 21.4. The van der Waals surface area contributed by atoms with Crippen LogP contribution >= 0.6 is 12.4 Å². The van der Waals surface area contributed by atoms with Gasteiger partial charge in [0.05, 0.1) is 0 Å². The van der Waals surface area contributed by atoms with E-state index >= 15 is 0 Å². The van der Waals surface area contributed by atoms with Crippen molar-refractivity contribution in [3.8, 4) is 11.1 Å². The molecule has 0 aliphatic carbocycles. The summed E-state index contributed by atoms with van der Waals surface area (Å²) in [7, 11) is 0. The molecular weight excluding hydrogens is 386 g/mol. The fourth-order valence-corrected chi connectivity index (χ4v) is 3.45. The molecule has 2 rings (SSSR count). The molecule has 0 heterocycles. The van der Waals surface area contributed by atoms with E-state index < -0.39 is 0 Å². The number of hydrogen-bond acceptors (Lipinski definition) is 1. The number of nitrogens with one attached hydrogen (secondary N) is 1. The zero-order chi connectivity index (χ0) is 20.8. The van der Waals surface area contributed by atoms with Crippen molar-refractivity contribution in [2.45, 2.75) is 90.9 Å². The number of rotatable bonds is 15. The number of hydrogen-bond donors (Lipinski definition) is 1. The molecule has 0 bridgehead atoms. The molecule has 0 aliphatic heterocycles. The van der Waals surface area contributed by atoms with Crippen molar-refractivity contribution in [3.05, 3.63) is 60.7 Å². The molecule has 0 aliphatic rings. The third-order valence-electron chi connectivity index (χ3n) is 5.30. The van der Waals surface area contributed by atoms with E-state index in [1.807, 2.05) is 12.1 Å². The third kappa shape index (κ3) is 16.5. The van der Waals surface area contributed by atoms with Gasteiger partial charge in [0, 0.05) is 0 Å². The minimum absolute atomic E-state index is 0. The first kappa shape index (κ1) is 28.7. The van der Waals surface area contributed by atoms with E-state index in [4.69, 9.17) is 0 Å². The SMILES string of the molecule is CCCCCCCCNCCCCCCCC.Cl.c1ccc(-c2ccccc2)cc1. The van der Waals surface area contributed by atoms with E-state index in [-0.39, 0.29) is 12.4 Å². The molecule has 170 valence electrons. The van der Waals surface area contributed by atoms with Gasteiger partial charge >= 0.3 is 0 Å². The standard InChI is InChI=1S/C16H35N.C12H10.ClH/c1-3-5-7-9-11-13-15-17-16-14-12-10-8-6-4-2;1-3-7-11(8-4-1)12-9-5-2-6-10-12;/h17H,3-16H2,1-2H3;1-10H;1H. The second-order valence-corrected chi connectivity index (χ2v) is 8.02. The summed E-state index contributed by atoms with van der Waals surface area (Å²) in [6.07, 6.45) is 16.9. The zero-order valence-electron chi connectivity index (χ0n) is 19.6. The second-order valence-electron chi connectivity index (χ2n) is 8.02. The minimum atomic E-state index is 0. The lowest BCUT2D eigenvalue weighted by molar-refractivity contribution is 0.543. The average Bonchev–Trinajstić information content (AvgIpc) is 2.79. The molecule has 2 aromatic carbocycles. The summed E-state index contributed by atoms with van der Waals surface area (Å²) in [5.41, 5.74) is 2.55. The van der Waals surface area contributed by atoms with Gasteiger partial charge in [-0.25, -0.2) is 0 Å². The van der Waals surface area contributed by atoms with E-state index in [0.29, 0.717) is 0 Å². The highest BCUT2D eigenvalue weighted by Crippen LogP contribution is 2.17. The second kappa shape index (κ2) is 22.4. The number of benzene rings is 2. The van der Waals surface area contributed by atoms with Gasteiger partial charge in [-0.15, -0.1) is 12.4 Å². The van der Waals surface area contributed by atoms with Crippen LogP contribution in [0.5, 0.6) is 0 Å². The van der Waals surface area contributed by atoms with Crippen molar-refractivity contribution < 1.29 is 0 Å². The van der Waals surface area contributed by atoms with Crippen LogP contribution in [0.2, 0.25) is 0 Å². The van der Waals surface area contributed by atoms with Gasteiger partial charge < -0.3 is 5.32 Å². The van der Waals surface area contributed by atoms with Gasteiger partial charge in [-0.05, 0) is 37.1 Å². The van der Waals surface area contributed by atoms with E-state index in [9.17, 15) is 0 Å². The van der Waals surface area contributed by atoms with E-state index in [0.717, 1.165) is 0 Å². The minimum Gasteiger partial charge on any atom is -0.317 e. The van der Waals surface area contributed by atoms with Gasteiger partial charge in [-0.2, -0.15) is 0 Å². The van der Waals surface area contributed by atoms with Crippen LogP contribution in [-0.2, 0) is 0 Å². The fourth-order valence-electron chi connectivity index (χ4n) is 3.45. The summed E-state index contributed by atoms with van der Waals surface area (Å²) in [6, 6.07) is 20.8. The van der Waals surface area contributed by atoms with Gasteiger partial charge in [-0.3, -0.25) is 0 Å². The number of unbranched alkanes of at least 4 members (excludes halogenated alkanes) is 10. The van der Waals surface area contributed by atoms with Crippen molar-refractivity contribution in [1.82, 2.24) is 5.32 Å². The Morgan fingerprint density at radius 1 is 0.467 bits per heavy atom. The van der Waals surface area contributed by atoms with Crippen LogP contribution in [0, 0.1) is 0 Å². The van der Waals surface area contributed by atoms with Crippen molar-refractivity contribution in [3.63, 3.8) is 0 Å². The zero-order valence-corrected chi connectivity index (χ0v) is 20.4. The first-order valence-electron chi connectivity index (χ1n) is 12.2. The number of halogens is 1. The molecule has 0 saturated heterocycles. The highest BCUT2D eigenvalue weighted by Gasteiger charge is 1.93. The van der Waals surface area contributed by atoms with Crippen molar-refractivity contribution in [1.29, 1.82) is 0 Å². The average molecular weight is 432 g/mol. The summed E-state index contributed by atoms with van der Waals surface area (Å²) in [4.78, 5) is 0. The summed E-state index contributed by atoms with van der Waals surface area (Å²) in [6.45, 7) is 7.03. The third-order valence-corrected chi connectivity index (χ3v) is 5.30. The predicted octanol–water partition coefficient (Wildman–Crippen LogP) is 9.07. The van der Waals surface area contributed by atoms with E-state index in [2.05, 4.69) is 67.7 Å². The Morgan fingerprint density at radius 3 is 1.17 bits per heavy atom. The maximum Gasteiger partial charge on any atom is -0.00489 e. The Hall–Kier alpha value is -1.31. The molecule has 0 amide bonds. The fraction of sp³-hybridized carbons (Fsp3) is 0.571. The molecule has 30 heavy (non-hydrogen) atoms. The molecule has 0 spiro atoms. The van der Waals surface area contributed by atoms with Crippen LogP contribution in [0.15, 0.2) is 60.7 Å². The Labute approximate surface area is 193 Å². The van der Waals surface area contributed by atoms with E-state index in [1.165, 1.54) is 101 Å². The summed E-state index contributed by atoms with van der Waals surface area (Å²) in [5, 5.41) is 3.57. The molecule has 0 fully saturated rings. The normalized spacial score (nSPS) is 10.1. The molecule has 0 atom stereocenters. The van der Waals surface area contributed by atoms with Crippen LogP contribution in [0.1, 0.15) is 90.9 Å². The molecule has 0 radical (unpaired) electrons. The quantitative estimate of drug-likeness (QED) is 0.277. The summed E-state index contributed by atoms with van der Waals surface area (Å²) < 4.78 is 0. The smallest absolute Gasteiger partial charge is 0.00489 e. The summed E-state index contributed by atoms with van der Waals surface area (Å²) in [5.74, 6) is 0. The first-order chi connectivity index (χ1) is 14.4. The monoisotopic (exact) mass is 431 g/mol. The lowest BCUT2D eigenvalue weighted by Gasteiger charge is -2.04. The maximum atomic E-state index is 3.57. The summed E-state index contributed by atoms with van der Waals surface area (Å²) >= 11 is 0. The van der Waals surface area contributed by atoms with Gasteiger partial charge in [0.15, 0.2) is 0 Å². The van der Waals surface area contributed by atoms with Crippen molar-refractivity contribution >= 4 is 12.4 Å². The highest BCUT2D eigenvalue weighted by molar-refractivity contribution is 5.85. The van der Waals surface area contributed by atoms with Crippen LogP contribution in [0.3, 0.4) is 0 Å². The first-order valence-corrected chi connectivity index (χ1v) is 12.2. The molecule has 0 unspecified atom stereocenters. The maximum absolute atomic E-state index is 3.57. The van der Waals surface area contributed by atoms with Gasteiger partial charge in [0.1, 0.15) is 0 Å². The molecular formula is C28H46ClN. The van der Waals surface area contributed by atoms with Gasteiger partial charge in [0.25, 0.3) is 0 Å². The Balaban J connectivity index is 0.000000566. The molecule has 0 aromatic heterocycles. The van der Waals surface area contributed by atoms with E-state index in [1.54, 1.807) is 0 Å². The van der Waals surface area contributed by atoms with Crippen LogP contribution < -0.4 is 5.32 Å². The predicted molar refractivity (Wildman–Crippen MR) is 139 cm³/mol. The van der Waals surface area contributed by atoms with Crippen molar-refractivity contribution in [2.24, 2.45) is 0 Å². The Morgan fingerprint density at radius 2 is 0.800 bits per heavy atom. The van der Waals surface area contributed by atoms with Crippen LogP contribution in [0.25, 0.3) is 11.1 Å².